The van der Waals surface area contributed by atoms with E-state index in [-0.39, 0.29) is 0 Å². The summed E-state index contributed by atoms with van der Waals surface area (Å²) < 4.78 is 0. The standard InChI is InChI=1S/C23H32ClN3S/c1-3-5-15-27(14-4-2)20-8-7-19(26-16-20)17-28-23-21-11-13-25-12-10-18(21)6-9-22(23)24/h6-9,16,25H,3-5,10-15,17H2,1-2H3. The van der Waals surface area contributed by atoms with E-state index in [0.29, 0.717) is 0 Å². The van der Waals surface area contributed by atoms with Crippen LogP contribution in [-0.2, 0) is 18.6 Å². The van der Waals surface area contributed by atoms with Crippen molar-refractivity contribution in [3.63, 3.8) is 0 Å². The Balaban J connectivity index is 1.68. The molecule has 0 saturated carbocycles. The van der Waals surface area contributed by atoms with Crippen LogP contribution in [0.3, 0.4) is 0 Å². The molecular weight excluding hydrogens is 386 g/mol. The summed E-state index contributed by atoms with van der Waals surface area (Å²) in [5.41, 5.74) is 5.21. The molecule has 0 radical (unpaired) electrons. The minimum Gasteiger partial charge on any atom is -0.370 e. The zero-order valence-electron chi connectivity index (χ0n) is 17.1. The number of aromatic nitrogens is 1. The normalized spacial score (nSPS) is 13.8. The Labute approximate surface area is 179 Å². The summed E-state index contributed by atoms with van der Waals surface area (Å²) in [7, 11) is 0. The highest BCUT2D eigenvalue weighted by Gasteiger charge is 2.15. The summed E-state index contributed by atoms with van der Waals surface area (Å²) in [6.07, 6.45) is 7.78. The fourth-order valence-electron chi connectivity index (χ4n) is 3.69. The Morgan fingerprint density at radius 3 is 2.68 bits per heavy atom. The van der Waals surface area contributed by atoms with Crippen LogP contribution >= 0.6 is 23.4 Å². The van der Waals surface area contributed by atoms with Gasteiger partial charge in [-0.15, -0.1) is 11.8 Å². The van der Waals surface area contributed by atoms with Gasteiger partial charge in [-0.3, -0.25) is 4.98 Å². The molecule has 1 aromatic carbocycles. The summed E-state index contributed by atoms with van der Waals surface area (Å²) in [6, 6.07) is 8.65. The zero-order valence-corrected chi connectivity index (χ0v) is 18.7. The first-order valence-electron chi connectivity index (χ1n) is 10.6. The molecule has 0 fully saturated rings. The maximum Gasteiger partial charge on any atom is 0.0552 e. The Morgan fingerprint density at radius 1 is 1.07 bits per heavy atom. The van der Waals surface area contributed by atoms with Crippen molar-refractivity contribution in [3.05, 3.63) is 52.3 Å². The van der Waals surface area contributed by atoms with Gasteiger partial charge in [0, 0.05) is 23.7 Å². The Kier molecular flexibility index (Phi) is 8.50. The largest absolute Gasteiger partial charge is 0.370 e. The number of rotatable bonds is 9. The van der Waals surface area contributed by atoms with Crippen LogP contribution in [0.2, 0.25) is 5.02 Å². The van der Waals surface area contributed by atoms with E-state index in [1.165, 1.54) is 34.6 Å². The molecule has 1 N–H and O–H groups in total. The van der Waals surface area contributed by atoms with E-state index in [2.05, 4.69) is 48.3 Å². The highest BCUT2D eigenvalue weighted by atomic mass is 35.5. The van der Waals surface area contributed by atoms with E-state index in [1.807, 2.05) is 18.0 Å². The number of thioether (sulfide) groups is 1. The van der Waals surface area contributed by atoms with Gasteiger partial charge in [-0.25, -0.2) is 0 Å². The molecule has 3 rings (SSSR count). The van der Waals surface area contributed by atoms with E-state index < -0.39 is 0 Å². The van der Waals surface area contributed by atoms with Crippen LogP contribution in [0.15, 0.2) is 35.4 Å². The molecule has 1 aromatic heterocycles. The van der Waals surface area contributed by atoms with E-state index >= 15 is 0 Å². The minimum absolute atomic E-state index is 0.854. The summed E-state index contributed by atoms with van der Waals surface area (Å²) in [6.45, 7) is 8.76. The van der Waals surface area contributed by atoms with Crippen LogP contribution in [0.4, 0.5) is 5.69 Å². The first kappa shape index (κ1) is 21.5. The lowest BCUT2D eigenvalue weighted by Crippen LogP contribution is -2.25. The Morgan fingerprint density at radius 2 is 1.93 bits per heavy atom. The van der Waals surface area contributed by atoms with Gasteiger partial charge in [0.25, 0.3) is 0 Å². The number of benzene rings is 1. The molecule has 2 heterocycles. The monoisotopic (exact) mass is 417 g/mol. The highest BCUT2D eigenvalue weighted by Crippen LogP contribution is 2.35. The molecule has 1 aliphatic rings. The average Bonchev–Trinajstić information content (AvgIpc) is 2.96. The predicted octanol–water partition coefficient (Wildman–Crippen LogP) is 5.73. The van der Waals surface area contributed by atoms with E-state index in [0.717, 1.165) is 61.9 Å². The van der Waals surface area contributed by atoms with Crippen molar-refractivity contribution in [2.24, 2.45) is 0 Å². The summed E-state index contributed by atoms with van der Waals surface area (Å²) in [5.74, 6) is 0.854. The lowest BCUT2D eigenvalue weighted by atomic mass is 10.0. The molecule has 0 saturated heterocycles. The number of hydrogen-bond donors (Lipinski definition) is 1. The van der Waals surface area contributed by atoms with Gasteiger partial charge < -0.3 is 10.2 Å². The lowest BCUT2D eigenvalue weighted by Gasteiger charge is -2.24. The first-order chi connectivity index (χ1) is 13.7. The second kappa shape index (κ2) is 11.1. The van der Waals surface area contributed by atoms with Crippen molar-refractivity contribution in [1.82, 2.24) is 10.3 Å². The van der Waals surface area contributed by atoms with Gasteiger partial charge in [0.1, 0.15) is 0 Å². The third-order valence-electron chi connectivity index (χ3n) is 5.25. The Bertz CT molecular complexity index is 748. The number of nitrogens with one attached hydrogen (secondary N) is 1. The predicted molar refractivity (Wildman–Crippen MR) is 123 cm³/mol. The number of hydrogen-bond acceptors (Lipinski definition) is 4. The van der Waals surface area contributed by atoms with E-state index in [4.69, 9.17) is 16.6 Å². The molecule has 3 nitrogen and oxygen atoms in total. The van der Waals surface area contributed by atoms with Crippen molar-refractivity contribution < 1.29 is 0 Å². The fourth-order valence-corrected chi connectivity index (χ4v) is 5.11. The van der Waals surface area contributed by atoms with Crippen molar-refractivity contribution in [3.8, 4) is 0 Å². The van der Waals surface area contributed by atoms with Crippen LogP contribution in [0.25, 0.3) is 0 Å². The van der Waals surface area contributed by atoms with Gasteiger partial charge in [-0.2, -0.15) is 0 Å². The Hall–Kier alpha value is -1.23. The van der Waals surface area contributed by atoms with Gasteiger partial charge >= 0.3 is 0 Å². The summed E-state index contributed by atoms with van der Waals surface area (Å²) in [5, 5.41) is 4.36. The third-order valence-corrected chi connectivity index (χ3v) is 6.87. The second-order valence-corrected chi connectivity index (χ2v) is 8.79. The summed E-state index contributed by atoms with van der Waals surface area (Å²) >= 11 is 8.39. The first-order valence-corrected chi connectivity index (χ1v) is 11.9. The van der Waals surface area contributed by atoms with E-state index in [9.17, 15) is 0 Å². The molecule has 1 aliphatic heterocycles. The van der Waals surface area contributed by atoms with Crippen molar-refractivity contribution >= 4 is 29.1 Å². The third kappa shape index (κ3) is 5.65. The van der Waals surface area contributed by atoms with Gasteiger partial charge in [-0.1, -0.05) is 37.9 Å². The number of fused-ring (bicyclic) bond motifs is 1. The molecule has 0 spiro atoms. The van der Waals surface area contributed by atoms with Crippen LogP contribution in [0, 0.1) is 0 Å². The van der Waals surface area contributed by atoms with Crippen LogP contribution in [0.5, 0.6) is 0 Å². The molecule has 28 heavy (non-hydrogen) atoms. The van der Waals surface area contributed by atoms with Crippen molar-refractivity contribution in [2.45, 2.75) is 56.6 Å². The molecule has 0 amide bonds. The van der Waals surface area contributed by atoms with Gasteiger partial charge in [0.05, 0.1) is 22.6 Å². The number of halogens is 1. The smallest absolute Gasteiger partial charge is 0.0552 e. The number of pyridine rings is 1. The molecule has 0 unspecified atom stereocenters. The average molecular weight is 418 g/mol. The minimum atomic E-state index is 0.854. The quantitative estimate of drug-likeness (QED) is 0.527. The number of anilines is 1. The molecule has 152 valence electrons. The van der Waals surface area contributed by atoms with Gasteiger partial charge in [0.15, 0.2) is 0 Å². The molecule has 0 bridgehead atoms. The van der Waals surface area contributed by atoms with Crippen molar-refractivity contribution in [1.29, 1.82) is 0 Å². The zero-order chi connectivity index (χ0) is 19.8. The summed E-state index contributed by atoms with van der Waals surface area (Å²) in [4.78, 5) is 8.44. The fraction of sp³-hybridized carbons (Fsp3) is 0.522. The van der Waals surface area contributed by atoms with Crippen LogP contribution in [-0.4, -0.2) is 31.2 Å². The van der Waals surface area contributed by atoms with Gasteiger partial charge in [0.2, 0.25) is 0 Å². The van der Waals surface area contributed by atoms with Crippen LogP contribution in [0.1, 0.15) is 49.9 Å². The maximum absolute atomic E-state index is 6.56. The van der Waals surface area contributed by atoms with Crippen LogP contribution < -0.4 is 10.2 Å². The van der Waals surface area contributed by atoms with Crippen molar-refractivity contribution in [2.75, 3.05) is 31.1 Å². The molecule has 0 atom stereocenters. The number of nitrogens with zero attached hydrogens (tertiary/aromatic N) is 2. The second-order valence-electron chi connectivity index (χ2n) is 7.40. The van der Waals surface area contributed by atoms with E-state index in [1.54, 1.807) is 0 Å². The topological polar surface area (TPSA) is 28.2 Å². The SMILES string of the molecule is CCCCN(CCC)c1ccc(CSc2c(Cl)ccc3c2CCNCC3)nc1. The number of unbranched alkanes of at least 4 members (excludes halogenated alkanes) is 1. The van der Waals surface area contributed by atoms with Gasteiger partial charge in [-0.05, 0) is 68.1 Å². The molecule has 5 heteroatoms. The maximum atomic E-state index is 6.56. The molecule has 2 aromatic rings. The lowest BCUT2D eigenvalue weighted by molar-refractivity contribution is 0.703. The molecule has 0 aliphatic carbocycles. The highest BCUT2D eigenvalue weighted by molar-refractivity contribution is 7.98. The molecular formula is C23H32ClN3S.